The first-order valence-electron chi connectivity index (χ1n) is 9.95. The van der Waals surface area contributed by atoms with E-state index in [4.69, 9.17) is 0 Å². The number of halogens is 2. The number of nitrogens with one attached hydrogen (secondary N) is 1. The van der Waals surface area contributed by atoms with Crippen LogP contribution in [0.1, 0.15) is 19.3 Å². The molecule has 2 aromatic heterocycles. The Bertz CT molecular complexity index is 1020. The zero-order chi connectivity index (χ0) is 22.1. The third-order valence-corrected chi connectivity index (χ3v) is 7.57. The molecular weight excluding hydrogens is 430 g/mol. The molecule has 2 amide bonds. The summed E-state index contributed by atoms with van der Waals surface area (Å²) in [4.78, 5) is 19.2. The van der Waals surface area contributed by atoms with Gasteiger partial charge in [0.15, 0.2) is 0 Å². The average molecular weight is 452 g/mol. The van der Waals surface area contributed by atoms with Crippen LogP contribution in [0, 0.1) is 5.92 Å². The van der Waals surface area contributed by atoms with Gasteiger partial charge in [0.2, 0.25) is 9.84 Å². The van der Waals surface area contributed by atoms with Gasteiger partial charge in [0.1, 0.15) is 5.82 Å². The number of aromatic nitrogens is 3. The number of piperidine rings is 1. The molecule has 4 heterocycles. The second-order valence-corrected chi connectivity index (χ2v) is 9.60. The van der Waals surface area contributed by atoms with E-state index < -0.39 is 31.9 Å². The molecule has 0 aromatic carbocycles. The van der Waals surface area contributed by atoms with E-state index in [9.17, 15) is 13.2 Å². The van der Waals surface area contributed by atoms with Crippen LogP contribution in [0.2, 0.25) is 0 Å². The Morgan fingerprint density at radius 1 is 1.06 bits per heavy atom. The second-order valence-electron chi connectivity index (χ2n) is 7.58. The van der Waals surface area contributed by atoms with Crippen molar-refractivity contribution in [3.63, 3.8) is 0 Å². The maximum absolute atomic E-state index is 15.0. The number of urea groups is 1. The number of alkyl halides is 2. The molecule has 2 fully saturated rings. The van der Waals surface area contributed by atoms with Gasteiger partial charge in [0.05, 0.1) is 23.0 Å². The van der Waals surface area contributed by atoms with Crippen LogP contribution in [0.15, 0.2) is 41.7 Å². The fraction of sp³-hybridized carbons (Fsp3) is 0.474. The van der Waals surface area contributed by atoms with E-state index >= 15 is 8.78 Å². The Kier molecular flexibility index (Phi) is 5.73. The largest absolute Gasteiger partial charge is 0.356 e. The van der Waals surface area contributed by atoms with Crippen molar-refractivity contribution in [3.8, 4) is 0 Å². The molecule has 2 aromatic rings. The van der Waals surface area contributed by atoms with E-state index in [2.05, 4.69) is 20.5 Å². The monoisotopic (exact) mass is 452 g/mol. The topological polar surface area (TPSA) is 108 Å². The lowest BCUT2D eigenvalue weighted by molar-refractivity contribution is 0.000409. The molecule has 0 spiro atoms. The van der Waals surface area contributed by atoms with Crippen molar-refractivity contribution in [1.82, 2.24) is 20.1 Å². The van der Waals surface area contributed by atoms with Gasteiger partial charge >= 0.3 is 11.3 Å². The van der Waals surface area contributed by atoms with E-state index in [1.807, 2.05) is 4.90 Å². The molecule has 31 heavy (non-hydrogen) atoms. The summed E-state index contributed by atoms with van der Waals surface area (Å²) in [5.41, 5.74) is 0.434. The van der Waals surface area contributed by atoms with E-state index in [1.54, 1.807) is 6.07 Å². The summed E-state index contributed by atoms with van der Waals surface area (Å²) in [6, 6.07) is 3.75. The fourth-order valence-corrected chi connectivity index (χ4v) is 5.05. The van der Waals surface area contributed by atoms with Crippen LogP contribution in [0.25, 0.3) is 0 Å². The van der Waals surface area contributed by atoms with Gasteiger partial charge in [0, 0.05) is 38.3 Å². The standard InChI is InChI=1S/C19H22F2N6O3S/c20-19(21,31(29,30)16-2-3-17(22-13-16)26-8-1-9-26)14-5-10-27(11-6-14)18(28)25-15-4-7-23-24-12-15/h2-4,7,12-14H,1,5-6,8-11H2,(H,23,25,28). The summed E-state index contributed by atoms with van der Waals surface area (Å²) in [5, 5.41) is 5.92. The molecule has 0 bridgehead atoms. The van der Waals surface area contributed by atoms with Crippen molar-refractivity contribution in [3.05, 3.63) is 36.8 Å². The maximum Gasteiger partial charge on any atom is 0.352 e. The van der Waals surface area contributed by atoms with Crippen LogP contribution >= 0.6 is 0 Å². The number of likely N-dealkylation sites (tertiary alicyclic amines) is 1. The molecular formula is C19H22F2N6O3S. The number of hydrogen-bond acceptors (Lipinski definition) is 7. The smallest absolute Gasteiger partial charge is 0.352 e. The quantitative estimate of drug-likeness (QED) is 0.742. The summed E-state index contributed by atoms with van der Waals surface area (Å²) in [5.74, 6) is -0.809. The van der Waals surface area contributed by atoms with Crippen molar-refractivity contribution >= 4 is 27.4 Å². The third kappa shape index (κ3) is 4.16. The molecule has 0 unspecified atom stereocenters. The zero-order valence-electron chi connectivity index (χ0n) is 16.6. The average Bonchev–Trinajstić information content (AvgIpc) is 2.73. The first-order valence-corrected chi connectivity index (χ1v) is 11.4. The van der Waals surface area contributed by atoms with Gasteiger partial charge in [-0.3, -0.25) is 0 Å². The van der Waals surface area contributed by atoms with Gasteiger partial charge in [-0.1, -0.05) is 0 Å². The molecule has 0 atom stereocenters. The van der Waals surface area contributed by atoms with Crippen molar-refractivity contribution in [1.29, 1.82) is 0 Å². The van der Waals surface area contributed by atoms with Crippen molar-refractivity contribution < 1.29 is 22.0 Å². The summed E-state index contributed by atoms with van der Waals surface area (Å²) >= 11 is 0. The normalized spacial score (nSPS) is 17.9. The molecule has 0 aliphatic carbocycles. The Balaban J connectivity index is 1.40. The van der Waals surface area contributed by atoms with Gasteiger partial charge in [0.25, 0.3) is 0 Å². The number of sulfone groups is 1. The SMILES string of the molecule is O=C(Nc1ccnnc1)N1CCC(C(F)(F)S(=O)(=O)c2ccc(N3CCC3)nc2)CC1. The van der Waals surface area contributed by atoms with Crippen LogP contribution in [-0.4, -0.2) is 66.0 Å². The predicted octanol–water partition coefficient (Wildman–Crippen LogP) is 2.39. The number of pyridine rings is 1. The molecule has 2 saturated heterocycles. The van der Waals surface area contributed by atoms with E-state index in [-0.39, 0.29) is 25.9 Å². The molecule has 9 nitrogen and oxygen atoms in total. The highest BCUT2D eigenvalue weighted by Crippen LogP contribution is 2.41. The van der Waals surface area contributed by atoms with E-state index in [0.29, 0.717) is 11.5 Å². The minimum Gasteiger partial charge on any atom is -0.356 e. The van der Waals surface area contributed by atoms with E-state index in [1.165, 1.54) is 29.4 Å². The van der Waals surface area contributed by atoms with Crippen LogP contribution in [0.5, 0.6) is 0 Å². The van der Waals surface area contributed by atoms with Crippen LogP contribution < -0.4 is 10.2 Å². The van der Waals surface area contributed by atoms with Gasteiger partial charge < -0.3 is 15.1 Å². The van der Waals surface area contributed by atoms with Crippen molar-refractivity contribution in [2.45, 2.75) is 29.4 Å². The molecule has 2 aliphatic heterocycles. The van der Waals surface area contributed by atoms with Crippen molar-refractivity contribution in [2.24, 2.45) is 5.92 Å². The Hall–Kier alpha value is -2.89. The summed E-state index contributed by atoms with van der Waals surface area (Å²) in [6.07, 6.45) is 4.55. The molecule has 0 radical (unpaired) electrons. The number of amides is 2. The van der Waals surface area contributed by atoms with Crippen molar-refractivity contribution in [2.75, 3.05) is 36.4 Å². The predicted molar refractivity (Wildman–Crippen MR) is 109 cm³/mol. The number of carbonyl (C=O) groups is 1. The highest BCUT2D eigenvalue weighted by Gasteiger charge is 2.53. The number of rotatable bonds is 5. The number of carbonyl (C=O) groups excluding carboxylic acids is 1. The van der Waals surface area contributed by atoms with Crippen LogP contribution in [0.3, 0.4) is 0 Å². The summed E-state index contributed by atoms with van der Waals surface area (Å²) < 4.78 is 55.4. The van der Waals surface area contributed by atoms with E-state index in [0.717, 1.165) is 25.7 Å². The minimum absolute atomic E-state index is 0.0201. The lowest BCUT2D eigenvalue weighted by atomic mass is 9.97. The highest BCUT2D eigenvalue weighted by atomic mass is 32.2. The zero-order valence-corrected chi connectivity index (χ0v) is 17.4. The number of anilines is 2. The summed E-state index contributed by atoms with van der Waals surface area (Å²) in [6.45, 7) is 1.68. The minimum atomic E-state index is -4.90. The Morgan fingerprint density at radius 2 is 1.81 bits per heavy atom. The first kappa shape index (κ1) is 21.3. The summed E-state index contributed by atoms with van der Waals surface area (Å²) in [7, 11) is -4.90. The molecule has 2 aliphatic rings. The van der Waals surface area contributed by atoms with Gasteiger partial charge in [-0.05, 0) is 37.5 Å². The Morgan fingerprint density at radius 3 is 2.35 bits per heavy atom. The first-order chi connectivity index (χ1) is 14.8. The van der Waals surface area contributed by atoms with Crippen LogP contribution in [0.4, 0.5) is 25.1 Å². The fourth-order valence-electron chi connectivity index (χ4n) is 3.63. The lowest BCUT2D eigenvalue weighted by Gasteiger charge is -2.35. The van der Waals surface area contributed by atoms with Gasteiger partial charge in [-0.15, -0.1) is 0 Å². The molecule has 166 valence electrons. The van der Waals surface area contributed by atoms with Gasteiger partial charge in [-0.2, -0.15) is 19.0 Å². The molecule has 12 heteroatoms. The highest BCUT2D eigenvalue weighted by molar-refractivity contribution is 7.92. The molecule has 1 N–H and O–H groups in total. The second kappa shape index (κ2) is 8.33. The lowest BCUT2D eigenvalue weighted by Crippen LogP contribution is -2.47. The van der Waals surface area contributed by atoms with Gasteiger partial charge in [-0.25, -0.2) is 18.2 Å². The molecule has 0 saturated carbocycles. The number of nitrogens with zero attached hydrogens (tertiary/aromatic N) is 5. The Labute approximate surface area is 178 Å². The van der Waals surface area contributed by atoms with Crippen LogP contribution in [-0.2, 0) is 9.84 Å². The third-order valence-electron chi connectivity index (χ3n) is 5.66. The number of hydrogen-bond donors (Lipinski definition) is 1. The maximum atomic E-state index is 15.0. The molecule has 4 rings (SSSR count).